The Labute approximate surface area is 60.5 Å². The minimum atomic E-state index is 0.188. The van der Waals surface area contributed by atoms with Gasteiger partial charge in [-0.05, 0) is 0 Å². The summed E-state index contributed by atoms with van der Waals surface area (Å²) in [6.45, 7) is 2.21. The molecular weight excluding hydrogens is 130 g/mol. The van der Waals surface area contributed by atoms with Gasteiger partial charge in [0.2, 0.25) is 5.91 Å². The average Bonchev–Trinajstić information content (AvgIpc) is 2.04. The fourth-order valence-corrected chi connectivity index (χ4v) is 0.945. The summed E-state index contributed by atoms with van der Waals surface area (Å²) >= 11 is 0. The monoisotopic (exact) mass is 143 g/mol. The topological polar surface area (TPSA) is 49.6 Å². The number of amides is 1. The van der Waals surface area contributed by atoms with Crippen molar-refractivity contribution in [3.63, 3.8) is 0 Å². The molecule has 1 fully saturated rings. The molecule has 1 aliphatic heterocycles. The number of rotatable bonds is 0. The SMILES string of the molecule is CN1CCN(N)CCC1=O. The summed E-state index contributed by atoms with van der Waals surface area (Å²) in [5, 5.41) is 1.68. The number of carbonyl (C=O) groups excluding carboxylic acids is 1. The lowest BCUT2D eigenvalue weighted by Gasteiger charge is -2.13. The van der Waals surface area contributed by atoms with E-state index in [2.05, 4.69) is 0 Å². The van der Waals surface area contributed by atoms with Crippen LogP contribution >= 0.6 is 0 Å². The first-order chi connectivity index (χ1) is 4.70. The number of hydrogen-bond acceptors (Lipinski definition) is 3. The molecule has 0 bridgehead atoms. The third-order valence-corrected chi connectivity index (χ3v) is 1.76. The second-order valence-electron chi connectivity index (χ2n) is 2.60. The molecule has 1 heterocycles. The Morgan fingerprint density at radius 3 is 2.80 bits per heavy atom. The number of likely N-dealkylation sites (N-methyl/N-ethyl adjacent to an activating group) is 1. The summed E-state index contributed by atoms with van der Waals surface area (Å²) in [6, 6.07) is 0. The molecule has 0 unspecified atom stereocenters. The van der Waals surface area contributed by atoms with E-state index >= 15 is 0 Å². The smallest absolute Gasteiger partial charge is 0.223 e. The zero-order chi connectivity index (χ0) is 7.56. The molecule has 0 aliphatic carbocycles. The fraction of sp³-hybridized carbons (Fsp3) is 0.833. The molecule has 58 valence electrons. The minimum Gasteiger partial charge on any atom is -0.344 e. The van der Waals surface area contributed by atoms with Crippen LogP contribution in [0.25, 0.3) is 0 Å². The van der Waals surface area contributed by atoms with Crippen molar-refractivity contribution in [2.75, 3.05) is 26.7 Å². The van der Waals surface area contributed by atoms with Crippen molar-refractivity contribution < 1.29 is 4.79 Å². The first kappa shape index (κ1) is 7.50. The molecule has 4 heteroatoms. The Morgan fingerprint density at radius 1 is 1.40 bits per heavy atom. The van der Waals surface area contributed by atoms with Gasteiger partial charge in [0.25, 0.3) is 0 Å². The van der Waals surface area contributed by atoms with Crippen LogP contribution in [0.3, 0.4) is 0 Å². The Hall–Kier alpha value is -0.610. The van der Waals surface area contributed by atoms with E-state index in [0.29, 0.717) is 13.0 Å². The van der Waals surface area contributed by atoms with E-state index in [1.165, 1.54) is 0 Å². The largest absolute Gasteiger partial charge is 0.344 e. The van der Waals surface area contributed by atoms with Gasteiger partial charge in [-0.3, -0.25) is 10.6 Å². The molecule has 0 spiro atoms. The molecule has 1 rings (SSSR count). The van der Waals surface area contributed by atoms with Crippen molar-refractivity contribution >= 4 is 5.91 Å². The third kappa shape index (κ3) is 1.68. The molecular formula is C6H13N3O. The molecule has 10 heavy (non-hydrogen) atoms. The minimum absolute atomic E-state index is 0.188. The Balaban J connectivity index is 2.46. The molecule has 4 nitrogen and oxygen atoms in total. The van der Waals surface area contributed by atoms with Crippen molar-refractivity contribution in [1.29, 1.82) is 0 Å². The average molecular weight is 143 g/mol. The van der Waals surface area contributed by atoms with E-state index in [-0.39, 0.29) is 5.91 Å². The van der Waals surface area contributed by atoms with Gasteiger partial charge in [0.15, 0.2) is 0 Å². The Kier molecular flexibility index (Phi) is 2.24. The summed E-state index contributed by atoms with van der Waals surface area (Å²) in [5.74, 6) is 5.70. The second kappa shape index (κ2) is 2.98. The number of hydrazine groups is 1. The van der Waals surface area contributed by atoms with Gasteiger partial charge in [0.1, 0.15) is 0 Å². The predicted octanol–water partition coefficient (Wildman–Crippen LogP) is -0.976. The maximum Gasteiger partial charge on any atom is 0.223 e. The zero-order valence-corrected chi connectivity index (χ0v) is 6.21. The Morgan fingerprint density at radius 2 is 2.10 bits per heavy atom. The van der Waals surface area contributed by atoms with Crippen molar-refractivity contribution in [2.45, 2.75) is 6.42 Å². The van der Waals surface area contributed by atoms with Crippen LogP contribution in [-0.2, 0) is 4.79 Å². The predicted molar refractivity (Wildman–Crippen MR) is 38.0 cm³/mol. The molecule has 1 saturated heterocycles. The Bertz CT molecular complexity index is 137. The molecule has 0 aromatic carbocycles. The molecule has 0 aromatic rings. The summed E-state index contributed by atoms with van der Waals surface area (Å²) in [5.41, 5.74) is 0. The van der Waals surface area contributed by atoms with Gasteiger partial charge in [0, 0.05) is 33.1 Å². The van der Waals surface area contributed by atoms with Gasteiger partial charge < -0.3 is 4.90 Å². The highest BCUT2D eigenvalue weighted by molar-refractivity contribution is 5.76. The number of nitrogens with zero attached hydrogens (tertiary/aromatic N) is 2. The van der Waals surface area contributed by atoms with Gasteiger partial charge in [-0.2, -0.15) is 0 Å². The van der Waals surface area contributed by atoms with Gasteiger partial charge in [-0.15, -0.1) is 0 Å². The highest BCUT2D eigenvalue weighted by Gasteiger charge is 2.14. The van der Waals surface area contributed by atoms with Crippen LogP contribution in [0.5, 0.6) is 0 Å². The summed E-state index contributed by atoms with van der Waals surface area (Å²) in [4.78, 5) is 12.7. The molecule has 0 atom stereocenters. The van der Waals surface area contributed by atoms with Crippen LogP contribution in [0.4, 0.5) is 0 Å². The van der Waals surface area contributed by atoms with Crippen LogP contribution in [0, 0.1) is 0 Å². The van der Waals surface area contributed by atoms with E-state index in [9.17, 15) is 4.79 Å². The van der Waals surface area contributed by atoms with Gasteiger partial charge >= 0.3 is 0 Å². The summed E-state index contributed by atoms with van der Waals surface area (Å²) in [6.07, 6.45) is 0.549. The van der Waals surface area contributed by atoms with Crippen molar-refractivity contribution in [3.05, 3.63) is 0 Å². The highest BCUT2D eigenvalue weighted by atomic mass is 16.2. The van der Waals surface area contributed by atoms with E-state index in [0.717, 1.165) is 13.1 Å². The zero-order valence-electron chi connectivity index (χ0n) is 6.21. The lowest BCUT2D eigenvalue weighted by molar-refractivity contribution is -0.129. The van der Waals surface area contributed by atoms with Gasteiger partial charge in [0.05, 0.1) is 0 Å². The molecule has 1 amide bonds. The standard InChI is InChI=1S/C6H13N3O/c1-8-4-5-9(7)3-2-6(8)10/h2-5,7H2,1H3. The molecule has 0 saturated carbocycles. The van der Waals surface area contributed by atoms with Gasteiger partial charge in [-0.25, -0.2) is 5.01 Å². The highest BCUT2D eigenvalue weighted by Crippen LogP contribution is 1.97. The van der Waals surface area contributed by atoms with E-state index < -0.39 is 0 Å². The number of hydrogen-bond donors (Lipinski definition) is 1. The first-order valence-electron chi connectivity index (χ1n) is 3.44. The van der Waals surface area contributed by atoms with Crippen LogP contribution in [0.2, 0.25) is 0 Å². The van der Waals surface area contributed by atoms with Crippen LogP contribution in [-0.4, -0.2) is 42.5 Å². The van der Waals surface area contributed by atoms with E-state index in [4.69, 9.17) is 5.84 Å². The lowest BCUT2D eigenvalue weighted by atomic mass is 10.4. The fourth-order valence-electron chi connectivity index (χ4n) is 0.945. The second-order valence-corrected chi connectivity index (χ2v) is 2.60. The normalized spacial score (nSPS) is 23.0. The first-order valence-corrected chi connectivity index (χ1v) is 3.44. The lowest BCUT2D eigenvalue weighted by Crippen LogP contribution is -2.34. The van der Waals surface area contributed by atoms with Gasteiger partial charge in [-0.1, -0.05) is 0 Å². The maximum absolute atomic E-state index is 11.0. The summed E-state index contributed by atoms with van der Waals surface area (Å²) in [7, 11) is 1.81. The number of nitrogens with two attached hydrogens (primary N) is 1. The molecule has 1 aliphatic rings. The van der Waals surface area contributed by atoms with E-state index in [1.54, 1.807) is 9.91 Å². The number of carbonyl (C=O) groups is 1. The maximum atomic E-state index is 11.0. The van der Waals surface area contributed by atoms with Crippen molar-refractivity contribution in [3.8, 4) is 0 Å². The summed E-state index contributed by atoms with van der Waals surface area (Å²) < 4.78 is 0. The van der Waals surface area contributed by atoms with Crippen molar-refractivity contribution in [1.82, 2.24) is 9.91 Å². The van der Waals surface area contributed by atoms with Crippen LogP contribution in [0.15, 0.2) is 0 Å². The van der Waals surface area contributed by atoms with Crippen LogP contribution < -0.4 is 5.84 Å². The molecule has 2 N–H and O–H groups in total. The van der Waals surface area contributed by atoms with Crippen LogP contribution in [0.1, 0.15) is 6.42 Å². The molecule has 0 radical (unpaired) electrons. The third-order valence-electron chi connectivity index (χ3n) is 1.76. The molecule has 0 aromatic heterocycles. The van der Waals surface area contributed by atoms with Crippen molar-refractivity contribution in [2.24, 2.45) is 5.84 Å². The quantitative estimate of drug-likeness (QED) is 0.444. The van der Waals surface area contributed by atoms with E-state index in [1.807, 2.05) is 7.05 Å².